The van der Waals surface area contributed by atoms with Crippen molar-refractivity contribution < 1.29 is 4.39 Å². The normalized spacial score (nSPS) is 11.2. The fraction of sp³-hybridized carbons (Fsp3) is 0.485. The number of aromatic nitrogens is 1. The van der Waals surface area contributed by atoms with Crippen LogP contribution < -0.4 is 0 Å². The smallest absolute Gasteiger partial charge is 0.216 e. The predicted molar refractivity (Wildman–Crippen MR) is 149 cm³/mol. The first-order chi connectivity index (χ1) is 17.2. The SMILES string of the molecule is CCCCCCCCCCc1ccc(-c2ccc(-c3ccc(CCCCCC)cc3)cc2)nc1F. The number of rotatable bonds is 16. The third kappa shape index (κ3) is 9.24. The average molecular weight is 474 g/mol. The molecule has 3 aromatic rings. The van der Waals surface area contributed by atoms with Crippen molar-refractivity contribution in [2.45, 2.75) is 104 Å². The van der Waals surface area contributed by atoms with Crippen LogP contribution in [0.3, 0.4) is 0 Å². The van der Waals surface area contributed by atoms with Crippen molar-refractivity contribution in [3.63, 3.8) is 0 Å². The Kier molecular flexibility index (Phi) is 12.0. The van der Waals surface area contributed by atoms with E-state index in [0.29, 0.717) is 5.69 Å². The Hall–Kier alpha value is -2.48. The van der Waals surface area contributed by atoms with E-state index in [1.807, 2.05) is 24.3 Å². The summed E-state index contributed by atoms with van der Waals surface area (Å²) in [6, 6.07) is 21.1. The second-order valence-corrected chi connectivity index (χ2v) is 9.96. The standard InChI is InChI=1S/C33H44FN/c1-3-5-7-9-10-11-12-14-16-31-25-26-32(35-33(31)34)30-23-21-29(22-24-30)28-19-17-27(18-20-28)15-13-8-6-4-2/h17-26H,3-16H2,1-2H3. The summed E-state index contributed by atoms with van der Waals surface area (Å²) in [5.41, 5.74) is 6.21. The van der Waals surface area contributed by atoms with E-state index in [9.17, 15) is 4.39 Å². The maximum atomic E-state index is 14.7. The summed E-state index contributed by atoms with van der Waals surface area (Å²) in [6.07, 6.45) is 17.2. The molecule has 1 aromatic heterocycles. The second-order valence-electron chi connectivity index (χ2n) is 9.96. The minimum Gasteiger partial charge on any atom is -0.219 e. The van der Waals surface area contributed by atoms with E-state index < -0.39 is 0 Å². The van der Waals surface area contributed by atoms with Gasteiger partial charge >= 0.3 is 0 Å². The Morgan fingerprint density at radius 2 is 1.00 bits per heavy atom. The van der Waals surface area contributed by atoms with Crippen LogP contribution in [0.15, 0.2) is 60.7 Å². The number of halogens is 1. The van der Waals surface area contributed by atoms with Gasteiger partial charge in [-0.15, -0.1) is 0 Å². The van der Waals surface area contributed by atoms with Crippen LogP contribution >= 0.6 is 0 Å². The first-order valence-electron chi connectivity index (χ1n) is 14.1. The van der Waals surface area contributed by atoms with Gasteiger partial charge in [0.15, 0.2) is 0 Å². The molecule has 0 aliphatic rings. The molecule has 0 saturated heterocycles. The van der Waals surface area contributed by atoms with Gasteiger partial charge in [0.2, 0.25) is 5.95 Å². The van der Waals surface area contributed by atoms with Gasteiger partial charge in [-0.05, 0) is 48.4 Å². The molecule has 0 spiro atoms. The molecule has 0 bridgehead atoms. The minimum absolute atomic E-state index is 0.316. The lowest BCUT2D eigenvalue weighted by Crippen LogP contribution is -1.96. The van der Waals surface area contributed by atoms with Crippen LogP contribution in [0, 0.1) is 5.95 Å². The highest BCUT2D eigenvalue weighted by molar-refractivity contribution is 5.69. The Bertz CT molecular complexity index is 975. The molecule has 0 aliphatic carbocycles. The number of nitrogens with zero attached hydrogens (tertiary/aromatic N) is 1. The number of hydrogen-bond acceptors (Lipinski definition) is 1. The fourth-order valence-corrected chi connectivity index (χ4v) is 4.71. The number of hydrogen-bond donors (Lipinski definition) is 0. The van der Waals surface area contributed by atoms with Crippen LogP contribution in [0.5, 0.6) is 0 Å². The van der Waals surface area contributed by atoms with Crippen LogP contribution in [0.1, 0.15) is 102 Å². The van der Waals surface area contributed by atoms with Gasteiger partial charge < -0.3 is 0 Å². The summed E-state index contributed by atoms with van der Waals surface area (Å²) in [6.45, 7) is 4.50. The molecule has 188 valence electrons. The largest absolute Gasteiger partial charge is 0.219 e. The minimum atomic E-state index is -0.316. The lowest BCUT2D eigenvalue weighted by molar-refractivity contribution is 0.548. The Labute approximate surface area is 213 Å². The van der Waals surface area contributed by atoms with Crippen molar-refractivity contribution >= 4 is 0 Å². The molecule has 0 atom stereocenters. The number of pyridine rings is 1. The van der Waals surface area contributed by atoms with Crippen molar-refractivity contribution in [2.75, 3.05) is 0 Å². The summed E-state index contributed by atoms with van der Waals surface area (Å²) in [5.74, 6) is -0.316. The molecule has 0 amide bonds. The van der Waals surface area contributed by atoms with Gasteiger partial charge in [-0.3, -0.25) is 0 Å². The van der Waals surface area contributed by atoms with Gasteiger partial charge in [-0.1, -0.05) is 133 Å². The lowest BCUT2D eigenvalue weighted by atomic mass is 9.99. The molecular weight excluding hydrogens is 429 g/mol. The van der Waals surface area contributed by atoms with E-state index in [-0.39, 0.29) is 5.95 Å². The highest BCUT2D eigenvalue weighted by atomic mass is 19.1. The molecule has 1 heterocycles. The maximum absolute atomic E-state index is 14.7. The summed E-state index contributed by atoms with van der Waals surface area (Å²) >= 11 is 0. The van der Waals surface area contributed by atoms with Gasteiger partial charge in [0.05, 0.1) is 5.69 Å². The third-order valence-corrected chi connectivity index (χ3v) is 7.01. The molecular formula is C33H44FN. The number of unbranched alkanes of at least 4 members (excludes halogenated alkanes) is 10. The van der Waals surface area contributed by atoms with Crippen LogP contribution in [-0.4, -0.2) is 4.98 Å². The predicted octanol–water partition coefficient (Wildman–Crippen LogP) is 10.4. The van der Waals surface area contributed by atoms with E-state index in [2.05, 4.69) is 55.2 Å². The molecule has 2 aromatic carbocycles. The Morgan fingerprint density at radius 1 is 0.514 bits per heavy atom. The van der Waals surface area contributed by atoms with Crippen molar-refractivity contribution in [1.29, 1.82) is 0 Å². The van der Waals surface area contributed by atoms with Gasteiger partial charge in [-0.25, -0.2) is 4.98 Å². The zero-order valence-electron chi connectivity index (χ0n) is 22.0. The van der Waals surface area contributed by atoms with Crippen molar-refractivity contribution in [3.8, 4) is 22.4 Å². The summed E-state index contributed by atoms with van der Waals surface area (Å²) in [7, 11) is 0. The van der Waals surface area contributed by atoms with E-state index in [1.165, 1.54) is 87.3 Å². The first kappa shape index (κ1) is 27.1. The molecule has 0 radical (unpaired) electrons. The van der Waals surface area contributed by atoms with E-state index >= 15 is 0 Å². The summed E-state index contributed by atoms with van der Waals surface area (Å²) in [4.78, 5) is 4.28. The summed E-state index contributed by atoms with van der Waals surface area (Å²) < 4.78 is 14.7. The molecule has 2 heteroatoms. The van der Waals surface area contributed by atoms with Gasteiger partial charge in [-0.2, -0.15) is 4.39 Å². The van der Waals surface area contributed by atoms with Crippen LogP contribution in [0.4, 0.5) is 4.39 Å². The molecule has 3 rings (SSSR count). The molecule has 35 heavy (non-hydrogen) atoms. The quantitative estimate of drug-likeness (QED) is 0.149. The molecule has 0 fully saturated rings. The zero-order chi connectivity index (χ0) is 24.7. The van der Waals surface area contributed by atoms with Crippen molar-refractivity contribution in [2.24, 2.45) is 0 Å². The van der Waals surface area contributed by atoms with Crippen LogP contribution in [-0.2, 0) is 12.8 Å². The molecule has 0 N–H and O–H groups in total. The molecule has 1 nitrogen and oxygen atoms in total. The fourth-order valence-electron chi connectivity index (χ4n) is 4.71. The molecule has 0 unspecified atom stereocenters. The lowest BCUT2D eigenvalue weighted by Gasteiger charge is -2.08. The van der Waals surface area contributed by atoms with Crippen LogP contribution in [0.2, 0.25) is 0 Å². The van der Waals surface area contributed by atoms with Gasteiger partial charge in [0, 0.05) is 11.1 Å². The topological polar surface area (TPSA) is 12.9 Å². The van der Waals surface area contributed by atoms with Crippen molar-refractivity contribution in [3.05, 3.63) is 77.7 Å². The van der Waals surface area contributed by atoms with E-state index in [0.717, 1.165) is 30.4 Å². The van der Waals surface area contributed by atoms with Gasteiger partial charge in [0.25, 0.3) is 0 Å². The van der Waals surface area contributed by atoms with Crippen LogP contribution in [0.25, 0.3) is 22.4 Å². The second kappa shape index (κ2) is 15.5. The zero-order valence-corrected chi connectivity index (χ0v) is 22.0. The number of benzene rings is 2. The monoisotopic (exact) mass is 473 g/mol. The molecule has 0 aliphatic heterocycles. The highest BCUT2D eigenvalue weighted by Gasteiger charge is 2.08. The van der Waals surface area contributed by atoms with Gasteiger partial charge in [0.1, 0.15) is 0 Å². The highest BCUT2D eigenvalue weighted by Crippen LogP contribution is 2.25. The number of aryl methyl sites for hydroxylation is 2. The van der Waals surface area contributed by atoms with E-state index in [1.54, 1.807) is 0 Å². The maximum Gasteiger partial charge on any atom is 0.216 e. The Morgan fingerprint density at radius 3 is 1.60 bits per heavy atom. The first-order valence-corrected chi connectivity index (χ1v) is 14.1. The third-order valence-electron chi connectivity index (χ3n) is 7.01. The Balaban J connectivity index is 1.49. The van der Waals surface area contributed by atoms with Crippen molar-refractivity contribution in [1.82, 2.24) is 4.98 Å². The van der Waals surface area contributed by atoms with E-state index in [4.69, 9.17) is 0 Å². The summed E-state index contributed by atoms with van der Waals surface area (Å²) in [5, 5.41) is 0. The molecule has 0 saturated carbocycles. The average Bonchev–Trinajstić information content (AvgIpc) is 2.89.